The number of benzene rings is 1. The van der Waals surface area contributed by atoms with Crippen LogP contribution in [0.3, 0.4) is 0 Å². The van der Waals surface area contributed by atoms with Gasteiger partial charge in [-0.1, -0.05) is 13.8 Å². The van der Waals surface area contributed by atoms with Crippen LogP contribution >= 0.6 is 0 Å². The Balaban J connectivity index is 2.18. The quantitative estimate of drug-likeness (QED) is 0.704. The molecule has 0 radical (unpaired) electrons. The molecule has 17 heavy (non-hydrogen) atoms. The average molecular weight is 237 g/mol. The van der Waals surface area contributed by atoms with Crippen molar-refractivity contribution in [2.45, 2.75) is 20.8 Å². The van der Waals surface area contributed by atoms with Crippen LogP contribution < -0.4 is 10.1 Å². The van der Waals surface area contributed by atoms with Crippen molar-refractivity contribution in [3.63, 3.8) is 0 Å². The van der Waals surface area contributed by atoms with Crippen molar-refractivity contribution in [3.8, 4) is 5.75 Å². The van der Waals surface area contributed by atoms with Crippen LogP contribution in [0.15, 0.2) is 24.3 Å². The molecule has 0 atom stereocenters. The Kier molecular flexibility index (Phi) is 6.48. The SMILES string of the molecule is CCOc1ccc(NCCOCC(C)C)cc1. The third kappa shape index (κ3) is 6.17. The van der Waals surface area contributed by atoms with Crippen molar-refractivity contribution in [2.75, 3.05) is 31.7 Å². The Morgan fingerprint density at radius 1 is 1.18 bits per heavy atom. The Bertz CT molecular complexity index is 296. The standard InChI is InChI=1S/C14H23NO2/c1-4-17-14-7-5-13(6-8-14)15-9-10-16-11-12(2)3/h5-8,12,15H,4,9-11H2,1-3H3. The maximum absolute atomic E-state index is 5.49. The summed E-state index contributed by atoms with van der Waals surface area (Å²) >= 11 is 0. The molecule has 0 saturated heterocycles. The summed E-state index contributed by atoms with van der Waals surface area (Å²) in [6.45, 7) is 9.39. The van der Waals surface area contributed by atoms with Gasteiger partial charge in [0.1, 0.15) is 5.75 Å². The molecule has 0 aliphatic carbocycles. The summed E-state index contributed by atoms with van der Waals surface area (Å²) in [6.07, 6.45) is 0. The molecule has 0 spiro atoms. The molecule has 0 amide bonds. The molecular weight excluding hydrogens is 214 g/mol. The van der Waals surface area contributed by atoms with Crippen LogP contribution in [0.5, 0.6) is 5.75 Å². The van der Waals surface area contributed by atoms with Crippen LogP contribution in [0.2, 0.25) is 0 Å². The van der Waals surface area contributed by atoms with Crippen LogP contribution in [0.4, 0.5) is 5.69 Å². The molecule has 1 rings (SSSR count). The van der Waals surface area contributed by atoms with Crippen molar-refractivity contribution in [1.82, 2.24) is 0 Å². The first-order valence-electron chi connectivity index (χ1n) is 6.27. The second kappa shape index (κ2) is 7.96. The highest BCUT2D eigenvalue weighted by Crippen LogP contribution is 2.15. The molecule has 0 bridgehead atoms. The number of nitrogens with one attached hydrogen (secondary N) is 1. The monoisotopic (exact) mass is 237 g/mol. The van der Waals surface area contributed by atoms with Crippen LogP contribution in [-0.2, 0) is 4.74 Å². The first-order valence-corrected chi connectivity index (χ1v) is 6.27. The first-order chi connectivity index (χ1) is 8.22. The van der Waals surface area contributed by atoms with E-state index in [2.05, 4.69) is 19.2 Å². The lowest BCUT2D eigenvalue weighted by Crippen LogP contribution is -2.12. The molecule has 1 N–H and O–H groups in total. The lowest BCUT2D eigenvalue weighted by Gasteiger charge is -2.09. The van der Waals surface area contributed by atoms with Gasteiger partial charge in [0.2, 0.25) is 0 Å². The Morgan fingerprint density at radius 3 is 2.47 bits per heavy atom. The van der Waals surface area contributed by atoms with Gasteiger partial charge in [-0.05, 0) is 37.1 Å². The topological polar surface area (TPSA) is 30.5 Å². The fourth-order valence-corrected chi connectivity index (χ4v) is 1.42. The minimum absolute atomic E-state index is 0.598. The summed E-state index contributed by atoms with van der Waals surface area (Å²) in [5, 5.41) is 3.31. The van der Waals surface area contributed by atoms with Crippen LogP contribution in [0, 0.1) is 5.92 Å². The first kappa shape index (κ1) is 13.8. The zero-order valence-electron chi connectivity index (χ0n) is 11.0. The van der Waals surface area contributed by atoms with Gasteiger partial charge in [0.15, 0.2) is 0 Å². The van der Waals surface area contributed by atoms with Crippen molar-refractivity contribution in [3.05, 3.63) is 24.3 Å². The molecule has 3 heteroatoms. The third-order valence-electron chi connectivity index (χ3n) is 2.19. The Labute approximate surface area is 104 Å². The lowest BCUT2D eigenvalue weighted by molar-refractivity contribution is 0.118. The zero-order valence-corrected chi connectivity index (χ0v) is 11.0. The van der Waals surface area contributed by atoms with E-state index < -0.39 is 0 Å². The van der Waals surface area contributed by atoms with Crippen molar-refractivity contribution >= 4 is 5.69 Å². The van der Waals surface area contributed by atoms with E-state index in [0.717, 1.165) is 31.2 Å². The highest BCUT2D eigenvalue weighted by Gasteiger charge is 1.95. The summed E-state index contributed by atoms with van der Waals surface area (Å²) in [5.41, 5.74) is 1.10. The average Bonchev–Trinajstić information content (AvgIpc) is 2.31. The van der Waals surface area contributed by atoms with E-state index in [0.29, 0.717) is 12.5 Å². The number of ether oxygens (including phenoxy) is 2. The number of hydrogen-bond donors (Lipinski definition) is 1. The molecule has 96 valence electrons. The van der Waals surface area contributed by atoms with Crippen molar-refractivity contribution in [1.29, 1.82) is 0 Å². The van der Waals surface area contributed by atoms with Crippen LogP contribution in [0.1, 0.15) is 20.8 Å². The molecule has 0 aliphatic heterocycles. The Hall–Kier alpha value is -1.22. The molecule has 0 aromatic heterocycles. The van der Waals surface area contributed by atoms with E-state index in [4.69, 9.17) is 9.47 Å². The summed E-state index contributed by atoms with van der Waals surface area (Å²) in [6, 6.07) is 7.99. The largest absolute Gasteiger partial charge is 0.494 e. The van der Waals surface area contributed by atoms with E-state index in [9.17, 15) is 0 Å². The normalized spacial score (nSPS) is 10.6. The van der Waals surface area contributed by atoms with Gasteiger partial charge in [0.05, 0.1) is 13.2 Å². The second-order valence-electron chi connectivity index (χ2n) is 4.35. The highest BCUT2D eigenvalue weighted by molar-refractivity contribution is 5.46. The lowest BCUT2D eigenvalue weighted by atomic mass is 10.2. The minimum Gasteiger partial charge on any atom is -0.494 e. The summed E-state index contributed by atoms with van der Waals surface area (Å²) < 4.78 is 10.9. The van der Waals surface area contributed by atoms with E-state index in [1.165, 1.54) is 0 Å². The fourth-order valence-electron chi connectivity index (χ4n) is 1.42. The molecular formula is C14H23NO2. The van der Waals surface area contributed by atoms with Gasteiger partial charge >= 0.3 is 0 Å². The number of anilines is 1. The molecule has 1 aromatic rings. The van der Waals surface area contributed by atoms with E-state index in [-0.39, 0.29) is 0 Å². The third-order valence-corrected chi connectivity index (χ3v) is 2.19. The van der Waals surface area contributed by atoms with Gasteiger partial charge in [-0.25, -0.2) is 0 Å². The van der Waals surface area contributed by atoms with Gasteiger partial charge < -0.3 is 14.8 Å². The van der Waals surface area contributed by atoms with E-state index >= 15 is 0 Å². The highest BCUT2D eigenvalue weighted by atomic mass is 16.5. The van der Waals surface area contributed by atoms with Gasteiger partial charge in [0.25, 0.3) is 0 Å². The zero-order chi connectivity index (χ0) is 12.5. The molecule has 1 aromatic carbocycles. The predicted molar refractivity (Wildman–Crippen MR) is 71.8 cm³/mol. The smallest absolute Gasteiger partial charge is 0.119 e. The van der Waals surface area contributed by atoms with Crippen molar-refractivity contribution in [2.24, 2.45) is 5.92 Å². The summed E-state index contributed by atoms with van der Waals surface area (Å²) in [4.78, 5) is 0. The number of rotatable bonds is 8. The molecule has 0 heterocycles. The molecule has 3 nitrogen and oxygen atoms in total. The molecule has 0 saturated carbocycles. The second-order valence-corrected chi connectivity index (χ2v) is 4.35. The van der Waals surface area contributed by atoms with Gasteiger partial charge in [-0.15, -0.1) is 0 Å². The van der Waals surface area contributed by atoms with E-state index in [1.54, 1.807) is 0 Å². The fraction of sp³-hybridized carbons (Fsp3) is 0.571. The molecule has 0 fully saturated rings. The Morgan fingerprint density at radius 2 is 1.88 bits per heavy atom. The maximum atomic E-state index is 5.49. The van der Waals surface area contributed by atoms with Gasteiger partial charge in [-0.3, -0.25) is 0 Å². The minimum atomic E-state index is 0.598. The predicted octanol–water partition coefficient (Wildman–Crippen LogP) is 3.17. The summed E-state index contributed by atoms with van der Waals surface area (Å²) in [5.74, 6) is 1.51. The van der Waals surface area contributed by atoms with Crippen molar-refractivity contribution < 1.29 is 9.47 Å². The molecule has 0 aliphatic rings. The summed E-state index contributed by atoms with van der Waals surface area (Å²) in [7, 11) is 0. The van der Waals surface area contributed by atoms with Gasteiger partial charge in [0, 0.05) is 18.8 Å². The molecule has 0 unspecified atom stereocenters. The van der Waals surface area contributed by atoms with Crippen LogP contribution in [-0.4, -0.2) is 26.4 Å². The van der Waals surface area contributed by atoms with Gasteiger partial charge in [-0.2, -0.15) is 0 Å². The van der Waals surface area contributed by atoms with Crippen LogP contribution in [0.25, 0.3) is 0 Å². The van der Waals surface area contributed by atoms with E-state index in [1.807, 2.05) is 31.2 Å². The number of hydrogen-bond acceptors (Lipinski definition) is 3. The maximum Gasteiger partial charge on any atom is 0.119 e.